The lowest BCUT2D eigenvalue weighted by Crippen LogP contribution is -2.38. The Morgan fingerprint density at radius 2 is 1.92 bits per heavy atom. The van der Waals surface area contributed by atoms with Gasteiger partial charge in [0.15, 0.2) is 0 Å². The Kier molecular flexibility index (Phi) is 5.46. The minimum Gasteiger partial charge on any atom is -0.327 e. The van der Waals surface area contributed by atoms with Crippen molar-refractivity contribution in [2.45, 2.75) is 12.5 Å². The number of aromatic amines is 1. The van der Waals surface area contributed by atoms with E-state index in [0.717, 1.165) is 16.7 Å². The molecule has 1 aromatic carbocycles. The van der Waals surface area contributed by atoms with Crippen LogP contribution in [0.25, 0.3) is 11.1 Å². The Morgan fingerprint density at radius 3 is 2.65 bits per heavy atom. The van der Waals surface area contributed by atoms with E-state index in [1.54, 1.807) is 30.7 Å². The highest BCUT2D eigenvalue weighted by molar-refractivity contribution is 6.31. The van der Waals surface area contributed by atoms with E-state index in [2.05, 4.69) is 15.3 Å². The van der Waals surface area contributed by atoms with E-state index in [1.165, 1.54) is 0 Å². The van der Waals surface area contributed by atoms with E-state index >= 15 is 0 Å². The van der Waals surface area contributed by atoms with Gasteiger partial charge in [0.25, 0.3) is 5.56 Å². The zero-order valence-electron chi connectivity index (χ0n) is 13.8. The number of hydrogen-bond donors (Lipinski definition) is 3. The highest BCUT2D eigenvalue weighted by atomic mass is 35.5. The maximum Gasteiger partial charge on any atom is 0.271 e. The van der Waals surface area contributed by atoms with Gasteiger partial charge in [0.2, 0.25) is 5.91 Å². The number of halogens is 1. The zero-order chi connectivity index (χ0) is 18.5. The molecule has 1 atom stereocenters. The molecule has 0 radical (unpaired) electrons. The number of nitrogens with zero attached hydrogens (tertiary/aromatic N) is 1. The second-order valence-electron chi connectivity index (χ2n) is 5.76. The number of pyridine rings is 2. The van der Waals surface area contributed by atoms with Crippen LogP contribution in [0, 0.1) is 0 Å². The molecule has 0 saturated carbocycles. The van der Waals surface area contributed by atoms with Crippen LogP contribution < -0.4 is 16.6 Å². The van der Waals surface area contributed by atoms with Gasteiger partial charge >= 0.3 is 0 Å². The summed E-state index contributed by atoms with van der Waals surface area (Å²) in [4.78, 5) is 31.0. The van der Waals surface area contributed by atoms with Crippen molar-refractivity contribution in [1.82, 2.24) is 9.97 Å². The van der Waals surface area contributed by atoms with Crippen molar-refractivity contribution in [2.24, 2.45) is 5.73 Å². The number of amides is 1. The lowest BCUT2D eigenvalue weighted by Gasteiger charge is -2.13. The summed E-state index contributed by atoms with van der Waals surface area (Å²) < 4.78 is 0. The van der Waals surface area contributed by atoms with Crippen LogP contribution in [0.3, 0.4) is 0 Å². The van der Waals surface area contributed by atoms with Gasteiger partial charge in [-0.3, -0.25) is 14.6 Å². The Bertz CT molecular complexity index is 973. The predicted octanol–water partition coefficient (Wildman–Crippen LogP) is 2.60. The van der Waals surface area contributed by atoms with Crippen LogP contribution >= 0.6 is 11.6 Å². The predicted molar refractivity (Wildman–Crippen MR) is 102 cm³/mol. The average molecular weight is 369 g/mol. The van der Waals surface area contributed by atoms with Crippen molar-refractivity contribution in [3.8, 4) is 11.1 Å². The van der Waals surface area contributed by atoms with Crippen LogP contribution in [0.15, 0.2) is 65.8 Å². The molecule has 0 aliphatic carbocycles. The zero-order valence-corrected chi connectivity index (χ0v) is 14.5. The van der Waals surface area contributed by atoms with E-state index in [1.807, 2.05) is 30.3 Å². The molecule has 2 aromatic heterocycles. The molecule has 4 N–H and O–H groups in total. The summed E-state index contributed by atoms with van der Waals surface area (Å²) in [6.45, 7) is 0. The lowest BCUT2D eigenvalue weighted by atomic mass is 10.1. The van der Waals surface area contributed by atoms with Crippen molar-refractivity contribution in [3.63, 3.8) is 0 Å². The number of carbonyl (C=O) groups is 1. The number of hydrogen-bond acceptors (Lipinski definition) is 4. The fraction of sp³-hybridized carbons (Fsp3) is 0.105. The average Bonchev–Trinajstić information content (AvgIpc) is 2.66. The molecule has 26 heavy (non-hydrogen) atoms. The molecule has 1 amide bonds. The molecule has 3 rings (SSSR count). The highest BCUT2D eigenvalue weighted by Gasteiger charge is 2.17. The molecule has 0 unspecified atom stereocenters. The first-order valence-electron chi connectivity index (χ1n) is 7.97. The van der Waals surface area contributed by atoms with Gasteiger partial charge in [-0.15, -0.1) is 0 Å². The SMILES string of the molecule is N[C@H](Cc1ccccc1Cl)C(=O)Nc1cc(-c2ccncc2)c[nH]c1=O. The molecule has 3 aromatic rings. The van der Waals surface area contributed by atoms with Gasteiger partial charge < -0.3 is 16.0 Å². The maximum absolute atomic E-state index is 12.4. The molecular weight excluding hydrogens is 352 g/mol. The largest absolute Gasteiger partial charge is 0.327 e. The third-order valence-electron chi connectivity index (χ3n) is 3.91. The quantitative estimate of drug-likeness (QED) is 0.644. The van der Waals surface area contributed by atoms with Crippen LogP contribution in [0.4, 0.5) is 5.69 Å². The van der Waals surface area contributed by atoms with Gasteiger partial charge in [-0.1, -0.05) is 29.8 Å². The normalized spacial score (nSPS) is 11.8. The molecule has 0 bridgehead atoms. The monoisotopic (exact) mass is 368 g/mol. The summed E-state index contributed by atoms with van der Waals surface area (Å²) in [5.74, 6) is -0.456. The molecule has 0 fully saturated rings. The maximum atomic E-state index is 12.4. The van der Waals surface area contributed by atoms with Crippen molar-refractivity contribution in [2.75, 3.05) is 5.32 Å². The fourth-order valence-corrected chi connectivity index (χ4v) is 2.72. The van der Waals surface area contributed by atoms with E-state index in [4.69, 9.17) is 17.3 Å². The van der Waals surface area contributed by atoms with Gasteiger partial charge in [-0.2, -0.15) is 0 Å². The summed E-state index contributed by atoms with van der Waals surface area (Å²) in [5, 5.41) is 3.14. The van der Waals surface area contributed by atoms with Crippen molar-refractivity contribution in [3.05, 3.63) is 82.0 Å². The molecule has 7 heteroatoms. The van der Waals surface area contributed by atoms with Crippen molar-refractivity contribution < 1.29 is 4.79 Å². The van der Waals surface area contributed by atoms with Gasteiger partial charge in [0.05, 0.1) is 6.04 Å². The van der Waals surface area contributed by atoms with E-state index in [9.17, 15) is 9.59 Å². The van der Waals surface area contributed by atoms with Crippen molar-refractivity contribution in [1.29, 1.82) is 0 Å². The van der Waals surface area contributed by atoms with Crippen LogP contribution in [0.5, 0.6) is 0 Å². The molecule has 132 valence electrons. The molecule has 0 spiro atoms. The standard InChI is InChI=1S/C19H17ClN4O2/c20-15-4-2-1-3-13(15)9-16(21)18(25)24-17-10-14(11-23-19(17)26)12-5-7-22-8-6-12/h1-8,10-11,16H,9,21H2,(H,23,26)(H,24,25)/t16-/m1/s1. The number of rotatable bonds is 5. The Labute approximate surface area is 155 Å². The summed E-state index contributed by atoms with van der Waals surface area (Å²) >= 11 is 6.10. The summed E-state index contributed by atoms with van der Waals surface area (Å²) in [6.07, 6.45) is 5.15. The van der Waals surface area contributed by atoms with E-state index < -0.39 is 17.5 Å². The number of benzene rings is 1. The molecular formula is C19H17ClN4O2. The van der Waals surface area contributed by atoms with Crippen LogP contribution in [-0.4, -0.2) is 21.9 Å². The van der Waals surface area contributed by atoms with E-state index in [-0.39, 0.29) is 12.1 Å². The van der Waals surface area contributed by atoms with Crippen molar-refractivity contribution >= 4 is 23.2 Å². The Hall–Kier alpha value is -2.96. The second-order valence-corrected chi connectivity index (χ2v) is 6.17. The first-order valence-corrected chi connectivity index (χ1v) is 8.35. The number of carbonyl (C=O) groups excluding carboxylic acids is 1. The Morgan fingerprint density at radius 1 is 1.19 bits per heavy atom. The molecule has 0 aliphatic heterocycles. The van der Waals surface area contributed by atoms with Crippen LogP contribution in [0.2, 0.25) is 5.02 Å². The number of H-pyrrole nitrogens is 1. The minimum atomic E-state index is -0.834. The van der Waals surface area contributed by atoms with Crippen LogP contribution in [-0.2, 0) is 11.2 Å². The summed E-state index contributed by atoms with van der Waals surface area (Å²) in [6, 6.07) is 11.6. The lowest BCUT2D eigenvalue weighted by molar-refractivity contribution is -0.117. The van der Waals surface area contributed by atoms with Gasteiger partial charge in [0, 0.05) is 29.2 Å². The molecule has 0 aliphatic rings. The minimum absolute atomic E-state index is 0.138. The molecule has 0 saturated heterocycles. The number of nitrogens with one attached hydrogen (secondary N) is 2. The highest BCUT2D eigenvalue weighted by Crippen LogP contribution is 2.19. The molecule has 6 nitrogen and oxygen atoms in total. The van der Waals surface area contributed by atoms with E-state index in [0.29, 0.717) is 5.02 Å². The van der Waals surface area contributed by atoms with Gasteiger partial charge in [0.1, 0.15) is 5.69 Å². The van der Waals surface area contributed by atoms with Gasteiger partial charge in [-0.05, 0) is 41.8 Å². The number of nitrogens with two attached hydrogens (primary N) is 1. The Balaban J connectivity index is 1.76. The van der Waals surface area contributed by atoms with Gasteiger partial charge in [-0.25, -0.2) is 0 Å². The third-order valence-corrected chi connectivity index (χ3v) is 4.28. The summed E-state index contributed by atoms with van der Waals surface area (Å²) in [5.41, 5.74) is 8.10. The molecule has 2 heterocycles. The van der Waals surface area contributed by atoms with Crippen LogP contribution in [0.1, 0.15) is 5.56 Å². The topological polar surface area (TPSA) is 101 Å². The summed E-state index contributed by atoms with van der Waals surface area (Å²) in [7, 11) is 0. The smallest absolute Gasteiger partial charge is 0.271 e. The third kappa shape index (κ3) is 4.17. The second kappa shape index (κ2) is 7.95. The fourth-order valence-electron chi connectivity index (χ4n) is 2.51. The number of aromatic nitrogens is 2. The number of anilines is 1. The first kappa shape index (κ1) is 17.8. The first-order chi connectivity index (χ1) is 12.5.